The molecule has 0 aromatic heterocycles. The maximum absolute atomic E-state index is 12.5. The number of benzene rings is 1. The van der Waals surface area contributed by atoms with Gasteiger partial charge in [-0.3, -0.25) is 4.57 Å². The molecule has 118 valence electrons. The zero-order valence-electron chi connectivity index (χ0n) is 13.4. The Morgan fingerprint density at radius 2 is 1.36 bits per heavy atom. The van der Waals surface area contributed by atoms with E-state index in [4.69, 9.17) is 14.2 Å². The van der Waals surface area contributed by atoms with Gasteiger partial charge in [0.2, 0.25) is 0 Å². The maximum atomic E-state index is 12.5. The minimum Gasteiger partial charge on any atom is -0.342 e. The summed E-state index contributed by atoms with van der Waals surface area (Å²) in [6, 6.07) is 9.94. The monoisotopic (exact) mass is 320 g/mol. The lowest BCUT2D eigenvalue weighted by Gasteiger charge is -2.72. The summed E-state index contributed by atoms with van der Waals surface area (Å²) in [4.78, 5) is 0. The van der Waals surface area contributed by atoms with E-state index in [0.717, 1.165) is 5.56 Å². The van der Waals surface area contributed by atoms with Crippen molar-refractivity contribution >= 4 is 8.46 Å². The molecule has 0 aliphatic carbocycles. The molecule has 0 radical (unpaired) electrons. The van der Waals surface area contributed by atoms with E-state index in [9.17, 15) is 4.57 Å². The van der Waals surface area contributed by atoms with E-state index in [1.54, 1.807) is 0 Å². The summed E-state index contributed by atoms with van der Waals surface area (Å²) in [5.41, 5.74) is -0.252. The minimum atomic E-state index is -0.746. The molecular formula is C17H21O4P. The highest BCUT2D eigenvalue weighted by molar-refractivity contribution is 7.26. The first-order valence-corrected chi connectivity index (χ1v) is 8.52. The second kappa shape index (κ2) is 3.99. The third-order valence-electron chi connectivity index (χ3n) is 5.49. The van der Waals surface area contributed by atoms with Crippen molar-refractivity contribution in [1.29, 1.82) is 0 Å². The molecule has 1 aromatic rings. The van der Waals surface area contributed by atoms with E-state index in [0.29, 0.717) is 12.8 Å². The first-order valence-electron chi connectivity index (χ1n) is 7.71. The van der Waals surface area contributed by atoms with E-state index >= 15 is 0 Å². The van der Waals surface area contributed by atoms with Gasteiger partial charge in [-0.25, -0.2) is 0 Å². The van der Waals surface area contributed by atoms with E-state index in [1.807, 2.05) is 58.0 Å². The van der Waals surface area contributed by atoms with Crippen LogP contribution in [0.25, 0.3) is 0 Å². The van der Waals surface area contributed by atoms with Crippen molar-refractivity contribution in [3.05, 3.63) is 35.9 Å². The molecule has 0 N–H and O–H groups in total. The Hall–Kier alpha value is -0.800. The number of hydrogen-bond acceptors (Lipinski definition) is 4. The molecule has 0 spiro atoms. The zero-order valence-corrected chi connectivity index (χ0v) is 14.3. The molecule has 4 aliphatic rings. The van der Waals surface area contributed by atoms with Gasteiger partial charge in [0.1, 0.15) is 5.16 Å². The van der Waals surface area contributed by atoms with E-state index in [1.165, 1.54) is 0 Å². The second-order valence-electron chi connectivity index (χ2n) is 7.56. The maximum Gasteiger partial charge on any atom is 0.173 e. The average Bonchev–Trinajstić information content (AvgIpc) is 2.35. The van der Waals surface area contributed by atoms with Crippen LogP contribution in [0.4, 0.5) is 0 Å². The Morgan fingerprint density at radius 1 is 0.864 bits per heavy atom. The molecule has 4 aliphatic heterocycles. The smallest absolute Gasteiger partial charge is 0.173 e. The van der Waals surface area contributed by atoms with Gasteiger partial charge in [-0.2, -0.15) is 0 Å². The lowest BCUT2D eigenvalue weighted by Crippen LogP contribution is -2.81. The van der Waals surface area contributed by atoms with Crippen LogP contribution in [0.5, 0.6) is 0 Å². The highest BCUT2D eigenvalue weighted by Crippen LogP contribution is 2.71. The number of rotatable bonds is 2. The predicted molar refractivity (Wildman–Crippen MR) is 81.8 cm³/mol. The Kier molecular flexibility index (Phi) is 2.68. The molecule has 4 bridgehead atoms. The van der Waals surface area contributed by atoms with Crippen LogP contribution in [0, 0.1) is 0 Å². The fourth-order valence-corrected chi connectivity index (χ4v) is 6.28. The van der Waals surface area contributed by atoms with Gasteiger partial charge in [0, 0.05) is 12.8 Å². The Morgan fingerprint density at radius 3 is 1.82 bits per heavy atom. The van der Waals surface area contributed by atoms with Crippen molar-refractivity contribution in [2.75, 3.05) is 0 Å². The lowest BCUT2D eigenvalue weighted by molar-refractivity contribution is -0.524. The van der Waals surface area contributed by atoms with E-state index in [2.05, 4.69) is 0 Å². The number of ether oxygens (including phenoxy) is 3. The molecule has 0 amide bonds. The van der Waals surface area contributed by atoms with Crippen molar-refractivity contribution in [2.45, 2.75) is 68.5 Å². The molecule has 4 heterocycles. The largest absolute Gasteiger partial charge is 0.342 e. The van der Waals surface area contributed by atoms with Gasteiger partial charge in [0.15, 0.2) is 20.0 Å². The average molecular weight is 320 g/mol. The van der Waals surface area contributed by atoms with Gasteiger partial charge in [0.05, 0.1) is 11.2 Å². The van der Waals surface area contributed by atoms with Crippen LogP contribution >= 0.6 is 8.46 Å². The van der Waals surface area contributed by atoms with Gasteiger partial charge in [-0.15, -0.1) is 0 Å². The Labute approximate surface area is 132 Å². The van der Waals surface area contributed by atoms with Gasteiger partial charge in [-0.1, -0.05) is 30.3 Å². The highest BCUT2D eigenvalue weighted by Gasteiger charge is 2.78. The quantitative estimate of drug-likeness (QED) is 0.773. The summed E-state index contributed by atoms with van der Waals surface area (Å²) in [5, 5.41) is -0.746. The summed E-state index contributed by atoms with van der Waals surface area (Å²) in [6.07, 6.45) is 1.10. The third kappa shape index (κ3) is 1.54. The fourth-order valence-electron chi connectivity index (χ4n) is 5.39. The molecule has 4 saturated heterocycles. The summed E-state index contributed by atoms with van der Waals surface area (Å²) in [7, 11) is 0.0217. The topological polar surface area (TPSA) is 44.8 Å². The van der Waals surface area contributed by atoms with Crippen LogP contribution < -0.4 is 0 Å². The first-order chi connectivity index (χ1) is 10.2. The highest BCUT2D eigenvalue weighted by atomic mass is 31.1. The van der Waals surface area contributed by atoms with Crippen LogP contribution in [-0.2, 0) is 23.9 Å². The van der Waals surface area contributed by atoms with Crippen molar-refractivity contribution in [3.8, 4) is 0 Å². The lowest BCUT2D eigenvalue weighted by atomic mass is 9.61. The first kappa shape index (κ1) is 14.8. The van der Waals surface area contributed by atoms with Crippen LogP contribution in [0.2, 0.25) is 0 Å². The SMILES string of the molecule is CC12CC3(C)OC(C)(CC(C)(O1)C3(P=O)c1ccccc1)O2. The van der Waals surface area contributed by atoms with Gasteiger partial charge >= 0.3 is 0 Å². The number of hydrogen-bond donors (Lipinski definition) is 0. The molecule has 22 heavy (non-hydrogen) atoms. The molecular weight excluding hydrogens is 299 g/mol. The van der Waals surface area contributed by atoms with Gasteiger partial charge in [-0.05, 0) is 33.3 Å². The molecule has 5 heteroatoms. The minimum absolute atomic E-state index is 0.0217. The summed E-state index contributed by atoms with van der Waals surface area (Å²) >= 11 is 0. The summed E-state index contributed by atoms with van der Waals surface area (Å²) < 4.78 is 31.3. The van der Waals surface area contributed by atoms with E-state index in [-0.39, 0.29) is 8.46 Å². The standard InChI is InChI=1S/C17H21O4P/c1-13-10-15(3)20-14(2,11-16(4,19-13)21-15)17(13,22-18)12-8-6-5-7-9-12/h5-9H,10-11H2,1-4H3. The Bertz CT molecular complexity index is 599. The zero-order chi connectivity index (χ0) is 15.9. The van der Waals surface area contributed by atoms with Gasteiger partial charge in [0.25, 0.3) is 0 Å². The second-order valence-corrected chi connectivity index (χ2v) is 8.41. The van der Waals surface area contributed by atoms with Gasteiger partial charge < -0.3 is 14.2 Å². The third-order valence-corrected chi connectivity index (χ3v) is 6.97. The van der Waals surface area contributed by atoms with Crippen LogP contribution in [0.3, 0.4) is 0 Å². The summed E-state index contributed by atoms with van der Waals surface area (Å²) in [6.45, 7) is 8.01. The predicted octanol–water partition coefficient (Wildman–Crippen LogP) is 3.99. The molecule has 1 aromatic carbocycles. The molecule has 4 fully saturated rings. The summed E-state index contributed by atoms with van der Waals surface area (Å²) in [5.74, 6) is -1.39. The fraction of sp³-hybridized carbons (Fsp3) is 0.647. The molecule has 4 atom stereocenters. The van der Waals surface area contributed by atoms with Crippen LogP contribution in [-0.4, -0.2) is 22.8 Å². The van der Waals surface area contributed by atoms with E-state index < -0.39 is 27.9 Å². The Balaban J connectivity index is 1.99. The van der Waals surface area contributed by atoms with Crippen molar-refractivity contribution in [3.63, 3.8) is 0 Å². The molecule has 5 rings (SSSR count). The van der Waals surface area contributed by atoms with Crippen LogP contribution in [0.1, 0.15) is 46.1 Å². The molecule has 4 unspecified atom stereocenters. The van der Waals surface area contributed by atoms with Crippen molar-refractivity contribution < 1.29 is 18.8 Å². The molecule has 4 nitrogen and oxygen atoms in total. The van der Waals surface area contributed by atoms with Crippen molar-refractivity contribution in [2.24, 2.45) is 0 Å². The van der Waals surface area contributed by atoms with Crippen molar-refractivity contribution in [1.82, 2.24) is 0 Å². The molecule has 0 saturated carbocycles. The van der Waals surface area contributed by atoms with Crippen LogP contribution in [0.15, 0.2) is 30.3 Å². The normalized spacial score (nSPS) is 53.1.